The van der Waals surface area contributed by atoms with Crippen molar-refractivity contribution < 1.29 is 14.0 Å². The number of amides is 2. The molecule has 4 aromatic rings. The van der Waals surface area contributed by atoms with Gasteiger partial charge < -0.3 is 15.1 Å². The molecule has 0 unspecified atom stereocenters. The van der Waals surface area contributed by atoms with Crippen LogP contribution in [0.5, 0.6) is 0 Å². The molecule has 0 aliphatic rings. The summed E-state index contributed by atoms with van der Waals surface area (Å²) in [5.74, 6) is -0.403. The molecule has 0 bridgehead atoms. The number of benzene rings is 2. The number of para-hydroxylation sites is 1. The predicted molar refractivity (Wildman–Crippen MR) is 103 cm³/mol. The Balaban J connectivity index is 1.44. The Morgan fingerprint density at radius 2 is 1.44 bits per heavy atom. The number of anilines is 2. The van der Waals surface area contributed by atoms with Gasteiger partial charge >= 0.3 is 0 Å². The lowest BCUT2D eigenvalue weighted by Gasteiger charge is -2.07. The quantitative estimate of drug-likeness (QED) is 0.569. The largest absolute Gasteiger partial charge is 0.459 e. The van der Waals surface area contributed by atoms with Crippen LogP contribution in [0.4, 0.5) is 11.4 Å². The molecular formula is C21H15N3O3. The molecule has 2 aromatic heterocycles. The molecule has 0 saturated heterocycles. The van der Waals surface area contributed by atoms with Crippen LogP contribution in [0.2, 0.25) is 0 Å². The van der Waals surface area contributed by atoms with Crippen LogP contribution >= 0.6 is 0 Å². The Labute approximate surface area is 154 Å². The van der Waals surface area contributed by atoms with Gasteiger partial charge in [0.25, 0.3) is 11.8 Å². The fraction of sp³-hybridized carbons (Fsp3) is 0. The molecule has 6 nitrogen and oxygen atoms in total. The maximum Gasteiger partial charge on any atom is 0.291 e. The average molecular weight is 357 g/mol. The van der Waals surface area contributed by atoms with Crippen molar-refractivity contribution in [1.29, 1.82) is 0 Å². The number of rotatable bonds is 4. The molecule has 2 aromatic carbocycles. The van der Waals surface area contributed by atoms with E-state index in [4.69, 9.17) is 4.42 Å². The van der Waals surface area contributed by atoms with Gasteiger partial charge in [0.05, 0.1) is 11.8 Å². The van der Waals surface area contributed by atoms with Crippen LogP contribution in [0.3, 0.4) is 0 Å². The van der Waals surface area contributed by atoms with Crippen molar-refractivity contribution in [2.24, 2.45) is 0 Å². The van der Waals surface area contributed by atoms with Crippen LogP contribution in [-0.4, -0.2) is 16.8 Å². The third kappa shape index (κ3) is 3.69. The molecule has 0 fully saturated rings. The monoisotopic (exact) mass is 357 g/mol. The molecule has 6 heteroatoms. The molecule has 0 spiro atoms. The Kier molecular flexibility index (Phi) is 4.37. The van der Waals surface area contributed by atoms with Gasteiger partial charge in [-0.3, -0.25) is 9.59 Å². The summed E-state index contributed by atoms with van der Waals surface area (Å²) in [6, 6.07) is 21.2. The minimum absolute atomic E-state index is 0.231. The van der Waals surface area contributed by atoms with E-state index in [0.717, 1.165) is 10.9 Å². The maximum absolute atomic E-state index is 12.4. The van der Waals surface area contributed by atoms with E-state index in [1.54, 1.807) is 42.5 Å². The Bertz CT molecular complexity index is 1100. The second-order valence-electron chi connectivity index (χ2n) is 5.85. The summed E-state index contributed by atoms with van der Waals surface area (Å²) < 4.78 is 5.05. The van der Waals surface area contributed by atoms with Gasteiger partial charge in [0.15, 0.2) is 5.76 Å². The number of fused-ring (bicyclic) bond motifs is 1. The summed E-state index contributed by atoms with van der Waals surface area (Å²) in [7, 11) is 0. The van der Waals surface area contributed by atoms with Gasteiger partial charge in [0, 0.05) is 16.8 Å². The van der Waals surface area contributed by atoms with Crippen molar-refractivity contribution >= 4 is 34.1 Å². The number of carbonyl (C=O) groups is 2. The molecule has 4 rings (SSSR count). The van der Waals surface area contributed by atoms with E-state index in [0.29, 0.717) is 17.1 Å². The highest BCUT2D eigenvalue weighted by Crippen LogP contribution is 2.17. The summed E-state index contributed by atoms with van der Waals surface area (Å²) in [4.78, 5) is 28.7. The standard InChI is InChI=1S/C21H15N3O3/c25-20(18-12-7-14-4-1-2-5-17(14)24-18)22-15-8-10-16(11-9-15)23-21(26)19-6-3-13-27-19/h1-13H,(H,22,25)(H,23,26). The summed E-state index contributed by atoms with van der Waals surface area (Å²) >= 11 is 0. The Morgan fingerprint density at radius 3 is 2.15 bits per heavy atom. The SMILES string of the molecule is O=C(Nc1ccc(NC(=O)c2ccco2)cc1)c1ccc2ccccc2n1. The number of furan rings is 1. The van der Waals surface area contributed by atoms with Gasteiger partial charge in [0.1, 0.15) is 5.69 Å². The Morgan fingerprint density at radius 1 is 0.741 bits per heavy atom. The van der Waals surface area contributed by atoms with E-state index < -0.39 is 0 Å². The molecule has 0 atom stereocenters. The fourth-order valence-corrected chi connectivity index (χ4v) is 2.62. The van der Waals surface area contributed by atoms with Crippen LogP contribution < -0.4 is 10.6 Å². The first-order valence-electron chi connectivity index (χ1n) is 8.31. The van der Waals surface area contributed by atoms with E-state index in [1.807, 2.05) is 30.3 Å². The predicted octanol–water partition coefficient (Wildman–Crippen LogP) is 4.33. The highest BCUT2D eigenvalue weighted by atomic mass is 16.3. The highest BCUT2D eigenvalue weighted by Gasteiger charge is 2.10. The van der Waals surface area contributed by atoms with Crippen molar-refractivity contribution in [3.8, 4) is 0 Å². The normalized spacial score (nSPS) is 10.5. The van der Waals surface area contributed by atoms with Crippen LogP contribution in [0.1, 0.15) is 21.0 Å². The van der Waals surface area contributed by atoms with Gasteiger partial charge in [-0.2, -0.15) is 0 Å². The topological polar surface area (TPSA) is 84.2 Å². The number of nitrogens with zero attached hydrogens (tertiary/aromatic N) is 1. The zero-order valence-electron chi connectivity index (χ0n) is 14.2. The minimum Gasteiger partial charge on any atom is -0.459 e. The van der Waals surface area contributed by atoms with Crippen molar-refractivity contribution in [2.75, 3.05) is 10.6 Å². The van der Waals surface area contributed by atoms with Crippen LogP contribution in [0.15, 0.2) is 83.5 Å². The molecule has 0 saturated carbocycles. The Hall–Kier alpha value is -3.93. The lowest BCUT2D eigenvalue weighted by molar-refractivity contribution is 0.0994. The van der Waals surface area contributed by atoms with Crippen molar-refractivity contribution in [3.63, 3.8) is 0 Å². The summed E-state index contributed by atoms with van der Waals surface area (Å²) in [6.07, 6.45) is 1.44. The van der Waals surface area contributed by atoms with Crippen LogP contribution in [-0.2, 0) is 0 Å². The second kappa shape index (κ2) is 7.13. The van der Waals surface area contributed by atoms with Gasteiger partial charge in [0.2, 0.25) is 0 Å². The third-order valence-electron chi connectivity index (χ3n) is 3.98. The lowest BCUT2D eigenvalue weighted by atomic mass is 10.2. The maximum atomic E-state index is 12.4. The molecule has 2 amide bonds. The molecular weight excluding hydrogens is 342 g/mol. The molecule has 132 valence electrons. The number of nitrogens with one attached hydrogen (secondary N) is 2. The number of pyridine rings is 1. The lowest BCUT2D eigenvalue weighted by Crippen LogP contribution is -2.14. The first-order chi connectivity index (χ1) is 13.2. The summed E-state index contributed by atoms with van der Waals surface area (Å²) in [5, 5.41) is 6.49. The van der Waals surface area contributed by atoms with Crippen LogP contribution in [0.25, 0.3) is 10.9 Å². The van der Waals surface area contributed by atoms with Gasteiger partial charge in [-0.25, -0.2) is 4.98 Å². The van der Waals surface area contributed by atoms with Crippen LogP contribution in [0, 0.1) is 0 Å². The second-order valence-corrected chi connectivity index (χ2v) is 5.85. The number of hydrogen-bond donors (Lipinski definition) is 2. The molecule has 0 aliphatic carbocycles. The molecule has 2 heterocycles. The average Bonchev–Trinajstić information content (AvgIpc) is 3.24. The van der Waals surface area contributed by atoms with E-state index >= 15 is 0 Å². The third-order valence-corrected chi connectivity index (χ3v) is 3.98. The molecule has 0 radical (unpaired) electrons. The summed E-state index contributed by atoms with van der Waals surface area (Å²) in [5.41, 5.74) is 2.30. The van der Waals surface area contributed by atoms with Crippen molar-refractivity contribution in [3.05, 3.63) is 90.5 Å². The van der Waals surface area contributed by atoms with Gasteiger partial charge in [-0.15, -0.1) is 0 Å². The van der Waals surface area contributed by atoms with E-state index in [2.05, 4.69) is 15.6 Å². The van der Waals surface area contributed by atoms with Crippen molar-refractivity contribution in [1.82, 2.24) is 4.98 Å². The first-order valence-corrected chi connectivity index (χ1v) is 8.31. The number of hydrogen-bond acceptors (Lipinski definition) is 4. The highest BCUT2D eigenvalue weighted by molar-refractivity contribution is 6.05. The number of aromatic nitrogens is 1. The van der Waals surface area contributed by atoms with E-state index in [-0.39, 0.29) is 17.6 Å². The van der Waals surface area contributed by atoms with E-state index in [9.17, 15) is 9.59 Å². The van der Waals surface area contributed by atoms with E-state index in [1.165, 1.54) is 6.26 Å². The summed E-state index contributed by atoms with van der Waals surface area (Å²) in [6.45, 7) is 0. The zero-order valence-corrected chi connectivity index (χ0v) is 14.2. The molecule has 0 aliphatic heterocycles. The van der Waals surface area contributed by atoms with Crippen molar-refractivity contribution in [2.45, 2.75) is 0 Å². The first kappa shape index (κ1) is 16.5. The van der Waals surface area contributed by atoms with Gasteiger partial charge in [-0.05, 0) is 48.5 Å². The fourth-order valence-electron chi connectivity index (χ4n) is 2.62. The zero-order chi connectivity index (χ0) is 18.6. The smallest absolute Gasteiger partial charge is 0.291 e. The molecule has 27 heavy (non-hydrogen) atoms. The van der Waals surface area contributed by atoms with Gasteiger partial charge in [-0.1, -0.05) is 24.3 Å². The molecule has 2 N–H and O–H groups in total. The number of carbonyl (C=O) groups excluding carboxylic acids is 2. The minimum atomic E-state index is -0.336.